The third-order valence-corrected chi connectivity index (χ3v) is 3.60. The second-order valence-corrected chi connectivity index (χ2v) is 5.77. The second-order valence-electron chi connectivity index (χ2n) is 4.12. The Kier molecular flexibility index (Phi) is 4.76. The van der Waals surface area contributed by atoms with Gasteiger partial charge in [-0.25, -0.2) is 4.79 Å². The zero-order valence-electron chi connectivity index (χ0n) is 10.3. The highest BCUT2D eigenvalue weighted by Gasteiger charge is 2.19. The van der Waals surface area contributed by atoms with E-state index in [1.165, 1.54) is 0 Å². The Labute approximate surface area is 130 Å². The molecule has 0 saturated carbocycles. The van der Waals surface area contributed by atoms with Crippen LogP contribution in [-0.2, 0) is 16.1 Å². The zero-order chi connectivity index (χ0) is 13.8. The summed E-state index contributed by atoms with van der Waals surface area (Å²) in [7, 11) is 0. The lowest BCUT2D eigenvalue weighted by atomic mass is 10.2. The van der Waals surface area contributed by atoms with Crippen LogP contribution in [0.15, 0.2) is 35.5 Å². The van der Waals surface area contributed by atoms with Crippen LogP contribution in [0.1, 0.15) is 12.5 Å². The molecule has 4 nitrogen and oxygen atoms in total. The van der Waals surface area contributed by atoms with E-state index in [9.17, 15) is 4.79 Å². The first-order valence-corrected chi connectivity index (χ1v) is 7.21. The van der Waals surface area contributed by atoms with Crippen LogP contribution < -0.4 is 10.6 Å². The summed E-state index contributed by atoms with van der Waals surface area (Å²) < 4.78 is 6.42. The first-order chi connectivity index (χ1) is 9.06. The van der Waals surface area contributed by atoms with Crippen molar-refractivity contribution in [1.29, 1.82) is 0 Å². The van der Waals surface area contributed by atoms with Gasteiger partial charge in [0.05, 0.1) is 12.1 Å². The van der Waals surface area contributed by atoms with E-state index in [2.05, 4.69) is 33.2 Å². The lowest BCUT2D eigenvalue weighted by Crippen LogP contribution is -2.42. The van der Waals surface area contributed by atoms with Crippen molar-refractivity contribution in [1.82, 2.24) is 10.6 Å². The summed E-state index contributed by atoms with van der Waals surface area (Å²) in [5.74, 6) is -0.320. The van der Waals surface area contributed by atoms with Gasteiger partial charge in [-0.05, 0) is 59.4 Å². The molecule has 0 atom stereocenters. The first kappa shape index (κ1) is 14.3. The highest BCUT2D eigenvalue weighted by molar-refractivity contribution is 14.1. The molecule has 0 spiro atoms. The number of hydrogen-bond acceptors (Lipinski definition) is 3. The number of ether oxygens (including phenoxy) is 1. The SMILES string of the molecule is CC1=C(C(=O)OCc2cccc(I)c2)CNC(=S)N1. The Morgan fingerprint density at radius 1 is 1.53 bits per heavy atom. The van der Waals surface area contributed by atoms with Gasteiger partial charge >= 0.3 is 5.97 Å². The van der Waals surface area contributed by atoms with E-state index in [0.29, 0.717) is 17.2 Å². The second kappa shape index (κ2) is 6.33. The molecule has 6 heteroatoms. The van der Waals surface area contributed by atoms with E-state index in [0.717, 1.165) is 14.8 Å². The van der Waals surface area contributed by atoms with Gasteiger partial charge in [-0.15, -0.1) is 0 Å². The number of halogens is 1. The van der Waals surface area contributed by atoms with Gasteiger partial charge in [-0.2, -0.15) is 0 Å². The lowest BCUT2D eigenvalue weighted by molar-refractivity contribution is -0.140. The molecule has 1 aliphatic rings. The molecular weight excluding hydrogens is 375 g/mol. The van der Waals surface area contributed by atoms with Crippen LogP contribution in [-0.4, -0.2) is 17.6 Å². The number of carbonyl (C=O) groups excluding carboxylic acids is 1. The van der Waals surface area contributed by atoms with Crippen LogP contribution in [0.25, 0.3) is 0 Å². The summed E-state index contributed by atoms with van der Waals surface area (Å²) in [6.45, 7) is 2.49. The molecule has 0 radical (unpaired) electrons. The Morgan fingerprint density at radius 3 is 3.00 bits per heavy atom. The monoisotopic (exact) mass is 388 g/mol. The molecule has 0 amide bonds. The number of hydrogen-bond donors (Lipinski definition) is 2. The molecule has 100 valence electrons. The maximum Gasteiger partial charge on any atom is 0.337 e. The zero-order valence-corrected chi connectivity index (χ0v) is 13.3. The van der Waals surface area contributed by atoms with E-state index in [4.69, 9.17) is 17.0 Å². The number of allylic oxidation sites excluding steroid dienone is 1. The van der Waals surface area contributed by atoms with Crippen LogP contribution in [0.3, 0.4) is 0 Å². The fourth-order valence-electron chi connectivity index (χ4n) is 1.68. The van der Waals surface area contributed by atoms with Gasteiger partial charge in [0, 0.05) is 9.27 Å². The third kappa shape index (κ3) is 3.90. The molecule has 0 fully saturated rings. The summed E-state index contributed by atoms with van der Waals surface area (Å²) in [6, 6.07) is 7.86. The highest BCUT2D eigenvalue weighted by Crippen LogP contribution is 2.11. The van der Waals surface area contributed by atoms with E-state index < -0.39 is 0 Å². The molecule has 1 aromatic carbocycles. The largest absolute Gasteiger partial charge is 0.457 e. The van der Waals surface area contributed by atoms with Crippen molar-refractivity contribution >= 4 is 45.9 Å². The summed E-state index contributed by atoms with van der Waals surface area (Å²) in [6.07, 6.45) is 0. The smallest absolute Gasteiger partial charge is 0.337 e. The van der Waals surface area contributed by atoms with E-state index in [1.807, 2.05) is 31.2 Å². The number of nitrogens with one attached hydrogen (secondary N) is 2. The van der Waals surface area contributed by atoms with E-state index in [-0.39, 0.29) is 12.6 Å². The van der Waals surface area contributed by atoms with Crippen LogP contribution in [0, 0.1) is 3.57 Å². The summed E-state index contributed by atoms with van der Waals surface area (Å²) in [5.41, 5.74) is 2.31. The molecule has 0 saturated heterocycles. The van der Waals surface area contributed by atoms with Gasteiger partial charge in [-0.1, -0.05) is 12.1 Å². The van der Waals surface area contributed by atoms with Gasteiger partial charge in [-0.3, -0.25) is 0 Å². The van der Waals surface area contributed by atoms with Gasteiger partial charge in [0.25, 0.3) is 0 Å². The average Bonchev–Trinajstić information content (AvgIpc) is 2.36. The fourth-order valence-corrected chi connectivity index (χ4v) is 2.51. The predicted octanol–water partition coefficient (Wildman–Crippen LogP) is 2.09. The quantitative estimate of drug-likeness (QED) is 0.472. The Morgan fingerprint density at radius 2 is 2.32 bits per heavy atom. The minimum Gasteiger partial charge on any atom is -0.457 e. The molecule has 1 heterocycles. The van der Waals surface area contributed by atoms with Crippen molar-refractivity contribution in [3.63, 3.8) is 0 Å². The molecule has 0 aromatic heterocycles. The average molecular weight is 388 g/mol. The molecule has 0 aliphatic carbocycles. The molecular formula is C13H13IN2O2S. The Bertz CT molecular complexity index is 557. The van der Waals surface area contributed by atoms with E-state index in [1.54, 1.807) is 0 Å². The van der Waals surface area contributed by atoms with Crippen LogP contribution in [0.4, 0.5) is 0 Å². The standard InChI is InChI=1S/C13H13IN2O2S/c1-8-11(6-15-13(19)16-8)12(17)18-7-9-3-2-4-10(14)5-9/h2-5H,6-7H2,1H3,(H2,15,16,19). The Balaban J connectivity index is 1.98. The number of carbonyl (C=O) groups is 1. The molecule has 1 aromatic rings. The van der Waals surface area contributed by atoms with Crippen molar-refractivity contribution in [2.45, 2.75) is 13.5 Å². The highest BCUT2D eigenvalue weighted by atomic mass is 127. The normalized spacial score (nSPS) is 14.7. The van der Waals surface area contributed by atoms with Crippen molar-refractivity contribution < 1.29 is 9.53 Å². The lowest BCUT2D eigenvalue weighted by Gasteiger charge is -2.20. The first-order valence-electron chi connectivity index (χ1n) is 5.72. The minimum atomic E-state index is -0.320. The topological polar surface area (TPSA) is 50.4 Å². The van der Waals surface area contributed by atoms with Gasteiger partial charge < -0.3 is 15.4 Å². The molecule has 0 bridgehead atoms. The fraction of sp³-hybridized carbons (Fsp3) is 0.231. The molecule has 2 N–H and O–H groups in total. The van der Waals surface area contributed by atoms with Gasteiger partial charge in [0.2, 0.25) is 0 Å². The predicted molar refractivity (Wildman–Crippen MR) is 85.4 cm³/mol. The Hall–Kier alpha value is -1.15. The van der Waals surface area contributed by atoms with Crippen LogP contribution in [0.2, 0.25) is 0 Å². The molecule has 1 aliphatic heterocycles. The van der Waals surface area contributed by atoms with Crippen molar-refractivity contribution in [3.8, 4) is 0 Å². The van der Waals surface area contributed by atoms with Crippen molar-refractivity contribution in [3.05, 3.63) is 44.7 Å². The number of esters is 1. The minimum absolute atomic E-state index is 0.275. The maximum atomic E-state index is 12.0. The molecule has 19 heavy (non-hydrogen) atoms. The third-order valence-electron chi connectivity index (χ3n) is 2.68. The summed E-state index contributed by atoms with van der Waals surface area (Å²) in [5, 5.41) is 6.36. The molecule has 0 unspecified atom stereocenters. The maximum absolute atomic E-state index is 12.0. The number of thiocarbonyl (C=S) groups is 1. The molecule has 2 rings (SSSR count). The summed E-state index contributed by atoms with van der Waals surface area (Å²) in [4.78, 5) is 12.0. The number of rotatable bonds is 3. The van der Waals surface area contributed by atoms with Crippen molar-refractivity contribution in [2.75, 3.05) is 6.54 Å². The van der Waals surface area contributed by atoms with Crippen LogP contribution in [0.5, 0.6) is 0 Å². The van der Waals surface area contributed by atoms with Crippen molar-refractivity contribution in [2.24, 2.45) is 0 Å². The van der Waals surface area contributed by atoms with Gasteiger partial charge in [0.1, 0.15) is 6.61 Å². The number of benzene rings is 1. The summed E-state index contributed by atoms with van der Waals surface area (Å²) >= 11 is 7.20. The van der Waals surface area contributed by atoms with E-state index >= 15 is 0 Å². The van der Waals surface area contributed by atoms with Gasteiger partial charge in [0.15, 0.2) is 5.11 Å². The van der Waals surface area contributed by atoms with Crippen LogP contribution >= 0.6 is 34.8 Å².